The van der Waals surface area contributed by atoms with Crippen LogP contribution in [0.25, 0.3) is 0 Å². The first kappa shape index (κ1) is 28.1. The van der Waals surface area contributed by atoms with E-state index in [1.54, 1.807) is 0 Å². The van der Waals surface area contributed by atoms with Gasteiger partial charge in [-0.3, -0.25) is 28.9 Å². The van der Waals surface area contributed by atoms with Crippen LogP contribution in [-0.4, -0.2) is 86.4 Å². The van der Waals surface area contributed by atoms with Gasteiger partial charge in [0.05, 0.1) is 32.5 Å². The van der Waals surface area contributed by atoms with Gasteiger partial charge in [0.2, 0.25) is 5.91 Å². The van der Waals surface area contributed by atoms with Gasteiger partial charge in [-0.15, -0.1) is 0 Å². The molecule has 3 amide bonds. The van der Waals surface area contributed by atoms with Gasteiger partial charge in [0.25, 0.3) is 11.8 Å². The molecule has 1 rings (SSSR count). The second-order valence-corrected chi connectivity index (χ2v) is 7.12. The minimum atomic E-state index is -0.475. The minimum absolute atomic E-state index is 0.112. The molecule has 0 aromatic carbocycles. The Morgan fingerprint density at radius 2 is 1.64 bits per heavy atom. The van der Waals surface area contributed by atoms with Crippen molar-refractivity contribution >= 4 is 29.3 Å². The molecule has 0 saturated carbocycles. The maximum absolute atomic E-state index is 12.0. The summed E-state index contributed by atoms with van der Waals surface area (Å²) < 4.78 is 16.3. The Balaban J connectivity index is 2.09. The summed E-state index contributed by atoms with van der Waals surface area (Å²) in [5.74, 6) is -1.29. The van der Waals surface area contributed by atoms with Gasteiger partial charge in [0.15, 0.2) is 11.6 Å². The number of carbonyl (C=O) groups is 5. The Morgan fingerprint density at radius 1 is 0.970 bits per heavy atom. The van der Waals surface area contributed by atoms with Crippen molar-refractivity contribution < 1.29 is 38.2 Å². The molecule has 10 heteroatoms. The van der Waals surface area contributed by atoms with Crippen molar-refractivity contribution in [1.82, 2.24) is 10.2 Å². The highest BCUT2D eigenvalue weighted by Crippen LogP contribution is 2.05. The van der Waals surface area contributed by atoms with Crippen LogP contribution < -0.4 is 5.32 Å². The molecule has 0 bridgehead atoms. The predicted molar refractivity (Wildman–Crippen MR) is 119 cm³/mol. The lowest BCUT2D eigenvalue weighted by Crippen LogP contribution is -2.34. The van der Waals surface area contributed by atoms with E-state index in [2.05, 4.69) is 18.5 Å². The fourth-order valence-electron chi connectivity index (χ4n) is 2.72. The molecule has 0 fully saturated rings. The van der Waals surface area contributed by atoms with Crippen molar-refractivity contribution in [3.8, 4) is 0 Å². The lowest BCUT2D eigenvalue weighted by molar-refractivity contribution is -0.138. The first-order valence-electron chi connectivity index (χ1n) is 10.7. The first-order valence-corrected chi connectivity index (χ1v) is 10.7. The van der Waals surface area contributed by atoms with Gasteiger partial charge < -0.3 is 19.5 Å². The summed E-state index contributed by atoms with van der Waals surface area (Å²) in [5, 5.41) is 2.60. The van der Waals surface area contributed by atoms with E-state index in [1.165, 1.54) is 18.2 Å². The fourth-order valence-corrected chi connectivity index (χ4v) is 2.72. The largest absolute Gasteiger partial charge is 0.379 e. The van der Waals surface area contributed by atoms with Crippen molar-refractivity contribution in [2.45, 2.75) is 31.8 Å². The number of hydrogen-bond donors (Lipinski definition) is 1. The third-order valence-electron chi connectivity index (χ3n) is 4.59. The third-order valence-corrected chi connectivity index (χ3v) is 4.59. The molecule has 0 spiro atoms. The predicted octanol–water partition coefficient (Wildman–Crippen LogP) is 0.517. The number of nitrogens with one attached hydrogen (secondary N) is 1. The van der Waals surface area contributed by atoms with Crippen molar-refractivity contribution in [2.24, 2.45) is 0 Å². The summed E-state index contributed by atoms with van der Waals surface area (Å²) in [7, 11) is 0. The Morgan fingerprint density at radius 3 is 2.27 bits per heavy atom. The molecule has 0 saturated heterocycles. The Labute approximate surface area is 193 Å². The molecule has 0 aromatic rings. The highest BCUT2D eigenvalue weighted by molar-refractivity contribution is 6.12. The fraction of sp³-hybridized carbons (Fsp3) is 0.522. The molecule has 0 aromatic heterocycles. The van der Waals surface area contributed by atoms with Gasteiger partial charge in [0, 0.05) is 38.1 Å². The van der Waals surface area contributed by atoms with Crippen LogP contribution in [0, 0.1) is 0 Å². The summed E-state index contributed by atoms with van der Waals surface area (Å²) in [6.45, 7) is 8.26. The second kappa shape index (κ2) is 16.7. The summed E-state index contributed by atoms with van der Waals surface area (Å²) in [4.78, 5) is 58.6. The minimum Gasteiger partial charge on any atom is -0.379 e. The van der Waals surface area contributed by atoms with Gasteiger partial charge >= 0.3 is 0 Å². The molecule has 182 valence electrons. The van der Waals surface area contributed by atoms with Crippen LogP contribution in [0.3, 0.4) is 0 Å². The number of Topliss-reactive ketones (excluding diaryl/α,β-unsaturated/α-hetero) is 1. The summed E-state index contributed by atoms with van der Waals surface area (Å²) in [6, 6.07) is 0. The molecule has 1 heterocycles. The molecule has 1 N–H and O–H groups in total. The zero-order chi connectivity index (χ0) is 24.5. The van der Waals surface area contributed by atoms with Crippen LogP contribution in [0.2, 0.25) is 0 Å². The molecular formula is C23H32N2O8. The number of nitrogens with zero attached hydrogens (tertiary/aromatic N) is 1. The maximum Gasteiger partial charge on any atom is 0.253 e. The number of ketones is 2. The van der Waals surface area contributed by atoms with E-state index >= 15 is 0 Å². The first-order chi connectivity index (χ1) is 15.9. The van der Waals surface area contributed by atoms with Gasteiger partial charge in [-0.2, -0.15) is 0 Å². The lowest BCUT2D eigenvalue weighted by atomic mass is 10.1. The van der Waals surface area contributed by atoms with Gasteiger partial charge in [-0.1, -0.05) is 13.2 Å². The zero-order valence-corrected chi connectivity index (χ0v) is 18.8. The smallest absolute Gasteiger partial charge is 0.253 e. The molecule has 1 atom stereocenters. The summed E-state index contributed by atoms with van der Waals surface area (Å²) >= 11 is 0. The Kier molecular flexibility index (Phi) is 14.2. The van der Waals surface area contributed by atoms with Crippen LogP contribution in [0.15, 0.2) is 37.5 Å². The van der Waals surface area contributed by atoms with Crippen LogP contribution in [0.4, 0.5) is 0 Å². The number of carbonyl (C=O) groups excluding carboxylic acids is 5. The van der Waals surface area contributed by atoms with Crippen molar-refractivity contribution in [3.63, 3.8) is 0 Å². The number of imide groups is 1. The van der Waals surface area contributed by atoms with E-state index in [0.717, 1.165) is 11.0 Å². The average molecular weight is 465 g/mol. The molecule has 0 aliphatic carbocycles. The third kappa shape index (κ3) is 12.6. The summed E-state index contributed by atoms with van der Waals surface area (Å²) in [6.07, 6.45) is 5.68. The average Bonchev–Trinajstić information content (AvgIpc) is 3.13. The molecule has 1 aliphatic heterocycles. The van der Waals surface area contributed by atoms with E-state index < -0.39 is 6.10 Å². The molecule has 10 nitrogen and oxygen atoms in total. The van der Waals surface area contributed by atoms with Crippen molar-refractivity contribution in [1.29, 1.82) is 0 Å². The Bertz CT molecular complexity index is 705. The molecular weight excluding hydrogens is 432 g/mol. The van der Waals surface area contributed by atoms with Crippen molar-refractivity contribution in [2.75, 3.05) is 46.1 Å². The van der Waals surface area contributed by atoms with Crippen LogP contribution in [0.5, 0.6) is 0 Å². The number of hydrogen-bond acceptors (Lipinski definition) is 8. The normalized spacial score (nSPS) is 13.8. The van der Waals surface area contributed by atoms with Crippen molar-refractivity contribution in [3.05, 3.63) is 37.5 Å². The highest BCUT2D eigenvalue weighted by atomic mass is 16.5. The Hall–Kier alpha value is -2.95. The lowest BCUT2D eigenvalue weighted by Gasteiger charge is -2.17. The zero-order valence-electron chi connectivity index (χ0n) is 18.8. The van der Waals surface area contributed by atoms with E-state index in [-0.39, 0.29) is 68.4 Å². The number of rotatable bonds is 20. The van der Waals surface area contributed by atoms with Gasteiger partial charge in [-0.05, 0) is 25.0 Å². The maximum atomic E-state index is 12.0. The van der Waals surface area contributed by atoms with E-state index in [1.807, 2.05) is 0 Å². The highest BCUT2D eigenvalue weighted by Gasteiger charge is 2.22. The van der Waals surface area contributed by atoms with E-state index in [4.69, 9.17) is 14.2 Å². The molecule has 33 heavy (non-hydrogen) atoms. The number of ether oxygens (including phenoxy) is 3. The quantitative estimate of drug-likeness (QED) is 0.157. The van der Waals surface area contributed by atoms with Crippen LogP contribution in [0.1, 0.15) is 25.7 Å². The van der Waals surface area contributed by atoms with E-state index in [0.29, 0.717) is 32.7 Å². The topological polar surface area (TPSA) is 128 Å². The molecule has 1 aliphatic rings. The van der Waals surface area contributed by atoms with Gasteiger partial charge in [-0.25, -0.2) is 0 Å². The summed E-state index contributed by atoms with van der Waals surface area (Å²) in [5.41, 5.74) is 0. The second-order valence-electron chi connectivity index (χ2n) is 7.12. The molecule has 0 radical (unpaired) electrons. The SMILES string of the molecule is C=CC(=O)CCC(CNC(=O)C=C)OCC(=O)CCCOCCOCCN1C(=O)C=CC1=O. The van der Waals surface area contributed by atoms with E-state index in [9.17, 15) is 24.0 Å². The number of amides is 3. The standard InChI is InChI=1S/C23H32N2O8/c1-3-18(26)7-8-20(16-24-21(28)4-2)33-17-19(27)6-5-12-31-14-15-32-13-11-25-22(29)9-10-23(25)30/h3-4,9-10,20H,1-2,5-8,11-17H2,(H,24,28). The number of allylic oxidation sites excluding steroid dienone is 1. The van der Waals surface area contributed by atoms with Crippen LogP contribution in [-0.2, 0) is 38.2 Å². The van der Waals surface area contributed by atoms with Crippen LogP contribution >= 0.6 is 0 Å². The monoisotopic (exact) mass is 464 g/mol. The van der Waals surface area contributed by atoms with Gasteiger partial charge in [0.1, 0.15) is 6.61 Å². The molecule has 1 unspecified atom stereocenters.